The molecule has 1 aliphatic rings. The van der Waals surface area contributed by atoms with Crippen LogP contribution in [0.5, 0.6) is 0 Å². The average molecular weight is 285 g/mol. The SMILES string of the molecule is O=C(O)c1ccc(NCC2(O)Cc3ccccc3C2)nn1. The van der Waals surface area contributed by atoms with Crippen molar-refractivity contribution < 1.29 is 15.0 Å². The molecule has 0 atom stereocenters. The van der Waals surface area contributed by atoms with Crippen molar-refractivity contribution in [3.63, 3.8) is 0 Å². The van der Waals surface area contributed by atoms with Gasteiger partial charge >= 0.3 is 5.97 Å². The lowest BCUT2D eigenvalue weighted by atomic mass is 10.0. The molecule has 0 radical (unpaired) electrons. The van der Waals surface area contributed by atoms with E-state index in [0.29, 0.717) is 25.2 Å². The van der Waals surface area contributed by atoms with Crippen LogP contribution in [-0.2, 0) is 12.8 Å². The molecule has 21 heavy (non-hydrogen) atoms. The molecule has 0 saturated heterocycles. The minimum atomic E-state index is -1.11. The van der Waals surface area contributed by atoms with Gasteiger partial charge in [0, 0.05) is 19.4 Å². The average Bonchev–Trinajstić information content (AvgIpc) is 2.82. The first-order valence-corrected chi connectivity index (χ1v) is 6.66. The smallest absolute Gasteiger partial charge is 0.356 e. The monoisotopic (exact) mass is 285 g/mol. The van der Waals surface area contributed by atoms with E-state index in [-0.39, 0.29) is 5.69 Å². The molecule has 3 N–H and O–H groups in total. The van der Waals surface area contributed by atoms with Gasteiger partial charge in [-0.3, -0.25) is 0 Å². The van der Waals surface area contributed by atoms with Gasteiger partial charge in [-0.25, -0.2) is 4.79 Å². The first-order valence-electron chi connectivity index (χ1n) is 6.66. The Bertz CT molecular complexity index is 645. The van der Waals surface area contributed by atoms with Crippen LogP contribution in [-0.4, -0.2) is 38.5 Å². The molecule has 1 heterocycles. The number of fused-ring (bicyclic) bond motifs is 1. The zero-order chi connectivity index (χ0) is 14.9. The molecule has 0 saturated carbocycles. The Labute approximate surface area is 121 Å². The summed E-state index contributed by atoms with van der Waals surface area (Å²) in [6, 6.07) is 10.9. The van der Waals surface area contributed by atoms with Crippen LogP contribution in [0.15, 0.2) is 36.4 Å². The molecule has 6 nitrogen and oxygen atoms in total. The molecule has 1 aromatic carbocycles. The number of carboxylic acid groups (broad SMARTS) is 1. The van der Waals surface area contributed by atoms with Gasteiger partial charge in [0.05, 0.1) is 5.60 Å². The van der Waals surface area contributed by atoms with E-state index in [1.165, 1.54) is 6.07 Å². The molecule has 108 valence electrons. The van der Waals surface area contributed by atoms with Gasteiger partial charge in [0.25, 0.3) is 0 Å². The van der Waals surface area contributed by atoms with E-state index in [9.17, 15) is 9.90 Å². The summed E-state index contributed by atoms with van der Waals surface area (Å²) in [5.74, 6) is -0.664. The van der Waals surface area contributed by atoms with Gasteiger partial charge in [0.1, 0.15) is 5.82 Å². The Morgan fingerprint density at radius 1 is 1.14 bits per heavy atom. The number of hydrogen-bond donors (Lipinski definition) is 3. The fourth-order valence-electron chi connectivity index (χ4n) is 2.59. The topological polar surface area (TPSA) is 95.3 Å². The van der Waals surface area contributed by atoms with Crippen molar-refractivity contribution in [1.29, 1.82) is 0 Å². The van der Waals surface area contributed by atoms with Crippen molar-refractivity contribution in [2.24, 2.45) is 0 Å². The fourth-order valence-corrected chi connectivity index (χ4v) is 2.59. The lowest BCUT2D eigenvalue weighted by Gasteiger charge is -2.22. The number of aliphatic hydroxyl groups is 1. The van der Waals surface area contributed by atoms with E-state index in [1.807, 2.05) is 24.3 Å². The molecule has 0 aliphatic heterocycles. The van der Waals surface area contributed by atoms with Crippen molar-refractivity contribution >= 4 is 11.8 Å². The zero-order valence-electron chi connectivity index (χ0n) is 11.3. The summed E-state index contributed by atoms with van der Waals surface area (Å²) in [4.78, 5) is 10.7. The number of hydrogen-bond acceptors (Lipinski definition) is 5. The number of carbonyl (C=O) groups is 1. The molecular formula is C15H15N3O3. The van der Waals surface area contributed by atoms with Crippen molar-refractivity contribution in [1.82, 2.24) is 10.2 Å². The number of benzene rings is 1. The van der Waals surface area contributed by atoms with E-state index >= 15 is 0 Å². The Morgan fingerprint density at radius 2 is 1.81 bits per heavy atom. The lowest BCUT2D eigenvalue weighted by Crippen LogP contribution is -2.37. The first-order chi connectivity index (χ1) is 10.1. The van der Waals surface area contributed by atoms with Gasteiger partial charge < -0.3 is 15.5 Å². The van der Waals surface area contributed by atoms with Gasteiger partial charge in [0.15, 0.2) is 5.69 Å². The summed E-state index contributed by atoms with van der Waals surface area (Å²) in [6.07, 6.45) is 1.19. The predicted octanol–water partition coefficient (Wildman–Crippen LogP) is 1.12. The van der Waals surface area contributed by atoms with E-state index < -0.39 is 11.6 Å². The zero-order valence-corrected chi connectivity index (χ0v) is 11.3. The molecule has 0 unspecified atom stereocenters. The Morgan fingerprint density at radius 3 is 2.33 bits per heavy atom. The number of aromatic nitrogens is 2. The summed E-state index contributed by atoms with van der Waals surface area (Å²) in [5.41, 5.74) is 1.37. The number of nitrogens with zero attached hydrogens (tertiary/aromatic N) is 2. The maximum absolute atomic E-state index is 10.7. The van der Waals surface area contributed by atoms with Crippen LogP contribution in [0, 0.1) is 0 Å². The van der Waals surface area contributed by atoms with Crippen molar-refractivity contribution in [2.75, 3.05) is 11.9 Å². The number of anilines is 1. The molecule has 6 heteroatoms. The molecular weight excluding hydrogens is 270 g/mol. The summed E-state index contributed by atoms with van der Waals surface area (Å²) < 4.78 is 0. The van der Waals surface area contributed by atoms with Crippen LogP contribution in [0.4, 0.5) is 5.82 Å². The van der Waals surface area contributed by atoms with Gasteiger partial charge in [-0.2, -0.15) is 0 Å². The number of rotatable bonds is 4. The first kappa shape index (κ1) is 13.5. The van der Waals surface area contributed by atoms with E-state index in [2.05, 4.69) is 15.5 Å². The summed E-state index contributed by atoms with van der Waals surface area (Å²) in [7, 11) is 0. The second-order valence-electron chi connectivity index (χ2n) is 5.31. The Kier molecular flexibility index (Phi) is 3.31. The van der Waals surface area contributed by atoms with E-state index in [1.54, 1.807) is 6.07 Å². The highest BCUT2D eigenvalue weighted by Gasteiger charge is 2.34. The number of aromatic carboxylic acids is 1. The van der Waals surface area contributed by atoms with Gasteiger partial charge in [0.2, 0.25) is 0 Å². The molecule has 0 fully saturated rings. The largest absolute Gasteiger partial charge is 0.476 e. The summed E-state index contributed by atoms with van der Waals surface area (Å²) >= 11 is 0. The minimum Gasteiger partial charge on any atom is -0.476 e. The van der Waals surface area contributed by atoms with Crippen molar-refractivity contribution in [2.45, 2.75) is 18.4 Å². The molecule has 3 rings (SSSR count). The maximum atomic E-state index is 10.7. The third-order valence-corrected chi connectivity index (χ3v) is 3.64. The summed E-state index contributed by atoms with van der Waals surface area (Å²) in [6.45, 7) is 0.336. The normalized spacial score (nSPS) is 15.5. The predicted molar refractivity (Wildman–Crippen MR) is 76.3 cm³/mol. The minimum absolute atomic E-state index is 0.104. The highest BCUT2D eigenvalue weighted by Crippen LogP contribution is 2.29. The third-order valence-electron chi connectivity index (χ3n) is 3.64. The number of carboxylic acids is 1. The third kappa shape index (κ3) is 2.85. The Hall–Kier alpha value is -2.47. The maximum Gasteiger partial charge on any atom is 0.356 e. The van der Waals surface area contributed by atoms with Gasteiger partial charge in [-0.1, -0.05) is 24.3 Å². The van der Waals surface area contributed by atoms with Crippen LogP contribution >= 0.6 is 0 Å². The highest BCUT2D eigenvalue weighted by molar-refractivity contribution is 5.85. The fraction of sp³-hybridized carbons (Fsp3) is 0.267. The standard InChI is InChI=1S/C15H15N3O3/c19-14(20)12-5-6-13(18-17-12)16-9-15(21)7-10-3-1-2-4-11(10)8-15/h1-6,21H,7-9H2,(H,16,18)(H,19,20). The van der Waals surface area contributed by atoms with Gasteiger partial charge in [-0.05, 0) is 23.3 Å². The van der Waals surface area contributed by atoms with Gasteiger partial charge in [-0.15, -0.1) is 10.2 Å². The molecule has 2 aromatic rings. The quantitative estimate of drug-likeness (QED) is 0.779. The molecule has 0 bridgehead atoms. The van der Waals surface area contributed by atoms with Crippen LogP contribution in [0.2, 0.25) is 0 Å². The van der Waals surface area contributed by atoms with Crippen molar-refractivity contribution in [3.8, 4) is 0 Å². The van der Waals surface area contributed by atoms with Crippen LogP contribution in [0.3, 0.4) is 0 Å². The molecule has 0 spiro atoms. The number of nitrogens with one attached hydrogen (secondary N) is 1. The van der Waals surface area contributed by atoms with Crippen LogP contribution < -0.4 is 5.32 Å². The molecule has 1 aromatic heterocycles. The Balaban J connectivity index is 1.64. The van der Waals surface area contributed by atoms with E-state index in [0.717, 1.165) is 11.1 Å². The summed E-state index contributed by atoms with van der Waals surface area (Å²) in [5, 5.41) is 29.8. The highest BCUT2D eigenvalue weighted by atomic mass is 16.4. The van der Waals surface area contributed by atoms with Crippen LogP contribution in [0.1, 0.15) is 21.6 Å². The lowest BCUT2D eigenvalue weighted by molar-refractivity contribution is 0.0647. The van der Waals surface area contributed by atoms with Crippen molar-refractivity contribution in [3.05, 3.63) is 53.2 Å². The second-order valence-corrected chi connectivity index (χ2v) is 5.31. The van der Waals surface area contributed by atoms with E-state index in [4.69, 9.17) is 5.11 Å². The van der Waals surface area contributed by atoms with Crippen LogP contribution in [0.25, 0.3) is 0 Å². The molecule has 0 amide bonds. The second kappa shape index (κ2) is 5.14. The molecule has 1 aliphatic carbocycles.